The zero-order chi connectivity index (χ0) is 75.3. The van der Waals surface area contributed by atoms with E-state index < -0.39 is 0 Å². The maximum absolute atomic E-state index is 11.3. The van der Waals surface area contributed by atoms with E-state index in [4.69, 9.17) is 4.74 Å². The van der Waals surface area contributed by atoms with E-state index >= 15 is 0 Å². The molecule has 11 amide bonds. The molecule has 9 aliphatic rings. The van der Waals surface area contributed by atoms with Crippen molar-refractivity contribution in [2.45, 2.75) is 129 Å². The Labute approximate surface area is 597 Å². The summed E-state index contributed by atoms with van der Waals surface area (Å²) in [7, 11) is 0. The SMILES string of the molecule is C=CC(=O)N1CCCC1.C=CC(=O)N1CCCCC1.C=CC(=O)N1CCCCCC1=O.C=CC(=O)N1CCOCC1.C=CN1C(=O)C=CC1=O.C=CN1C(=O)CCC1=O.C=CN1C=CNC1.C=CN1CCCC1=O.C=CN1CCCCCC1=O.C=Cn1ccnc1C.C=Cn1ccnc1CC. The summed E-state index contributed by atoms with van der Waals surface area (Å²) in [6.45, 7) is 51.7. The van der Waals surface area contributed by atoms with Gasteiger partial charge in [-0.25, -0.2) is 9.97 Å². The van der Waals surface area contributed by atoms with Gasteiger partial charge in [-0.1, -0.05) is 92.1 Å². The minimum Gasteiger partial charge on any atom is -0.378 e. The van der Waals surface area contributed by atoms with Crippen LogP contribution in [0.1, 0.15) is 128 Å². The van der Waals surface area contributed by atoms with Gasteiger partial charge >= 0.3 is 0 Å². The quantitative estimate of drug-likeness (QED) is 0.153. The van der Waals surface area contributed by atoms with Gasteiger partial charge in [-0.05, 0) is 114 Å². The van der Waals surface area contributed by atoms with Gasteiger partial charge in [0.25, 0.3) is 17.7 Å². The fourth-order valence-electron chi connectivity index (χ4n) is 9.85. The summed E-state index contributed by atoms with van der Waals surface area (Å²) in [5.41, 5.74) is 0. The molecule has 0 aromatic carbocycles. The first-order valence-corrected chi connectivity index (χ1v) is 34.0. The van der Waals surface area contributed by atoms with Crippen LogP contribution in [-0.4, -0.2) is 207 Å². The van der Waals surface area contributed by atoms with Gasteiger partial charge in [0.05, 0.1) is 19.9 Å². The molecule has 26 heteroatoms. The maximum Gasteiger partial charge on any atom is 0.257 e. The Balaban J connectivity index is 0.000000557. The van der Waals surface area contributed by atoms with E-state index in [0.717, 1.165) is 138 Å². The molecule has 7 saturated heterocycles. The number of hydrogen-bond acceptors (Lipinski definition) is 16. The molecule has 9 aliphatic heterocycles. The van der Waals surface area contributed by atoms with Gasteiger partial charge in [0.15, 0.2) is 0 Å². The number of nitrogens with zero attached hydrogens (tertiary/aromatic N) is 13. The molecule has 0 atom stereocenters. The number of amides is 11. The van der Waals surface area contributed by atoms with Crippen molar-refractivity contribution in [3.05, 3.63) is 189 Å². The second-order valence-electron chi connectivity index (χ2n) is 22.4. The van der Waals surface area contributed by atoms with Crippen molar-refractivity contribution in [3.8, 4) is 0 Å². The van der Waals surface area contributed by atoms with Crippen LogP contribution in [0.5, 0.6) is 0 Å². The molecule has 0 unspecified atom stereocenters. The lowest BCUT2D eigenvalue weighted by Crippen LogP contribution is -2.39. The second kappa shape index (κ2) is 53.4. The summed E-state index contributed by atoms with van der Waals surface area (Å²) in [4.78, 5) is 141. The van der Waals surface area contributed by atoms with E-state index in [0.29, 0.717) is 65.0 Å². The fourth-order valence-corrected chi connectivity index (χ4v) is 9.85. The summed E-state index contributed by atoms with van der Waals surface area (Å²) in [6, 6.07) is 0. The molecule has 0 spiro atoms. The molecular weight excluding hydrogens is 1290 g/mol. The van der Waals surface area contributed by atoms with E-state index in [2.05, 4.69) is 94.6 Å². The molecule has 7 fully saturated rings. The number of aromatic nitrogens is 4. The lowest BCUT2D eigenvalue weighted by Gasteiger charge is -2.25. The van der Waals surface area contributed by atoms with Crippen LogP contribution in [0.25, 0.3) is 12.4 Å². The molecule has 0 bridgehead atoms. The molecule has 2 aromatic heterocycles. The lowest BCUT2D eigenvalue weighted by atomic mass is 10.1. The van der Waals surface area contributed by atoms with Crippen molar-refractivity contribution >= 4 is 77.4 Å². The lowest BCUT2D eigenvalue weighted by molar-refractivity contribution is -0.142. The highest BCUT2D eigenvalue weighted by atomic mass is 16.5. The van der Waals surface area contributed by atoms with E-state index in [9.17, 15) is 52.7 Å². The number of piperidine rings is 1. The number of imidazole rings is 2. The summed E-state index contributed by atoms with van der Waals surface area (Å²) in [5.74, 6) is 1.38. The summed E-state index contributed by atoms with van der Waals surface area (Å²) < 4.78 is 8.84. The Morgan fingerprint density at radius 1 is 0.446 bits per heavy atom. The highest BCUT2D eigenvalue weighted by molar-refractivity contribution is 6.13. The molecule has 101 heavy (non-hydrogen) atoms. The minimum absolute atomic E-state index is 0.00306. The van der Waals surface area contributed by atoms with Gasteiger partial charge in [0.2, 0.25) is 47.3 Å². The first kappa shape index (κ1) is 88.4. The first-order chi connectivity index (χ1) is 48.6. The molecule has 0 saturated carbocycles. The summed E-state index contributed by atoms with van der Waals surface area (Å²) in [6.07, 6.45) is 46.4. The monoisotopic (exact) mass is 1400 g/mol. The first-order valence-electron chi connectivity index (χ1n) is 34.0. The standard InChI is InChI=1S/C9H13NO2.2C8H13NO.C7H10N2.C7H11NO2.C7H11NO.C6H8N2.C6H7NO2.C6H5NO2.C6H9NO.C5H8N2/c1-2-8(11)10-7-5-3-4-6-9(10)12;1-2-9-7-5-3-4-6-8(9)10;1-2-8(10)9-6-4-3-5-7-9;1-3-7-8-5-6-9(7)4-2;1-2-7(9)8-3-5-10-6-4-8;1-2-7(9)8-5-3-4-6-8;1-3-8-5-4-7-6(8)2;2*1-2-7-5(8)3-4-6(7)9;1-2-7-5-3-4-6(7)8;1-2-7-4-3-6-5-7/h2H,1,3-7H2;2*2H,1,3-7H2;4-6H,2-3H2,1H3;2H,1,3-6H2;2H,1,3-6H2;3-5H,1H2,2H3;2H,1,3-4H2;2-4H,1H2;2H,1,3-5H2;2-4,6H,1,5H2. The van der Waals surface area contributed by atoms with Gasteiger partial charge in [0.1, 0.15) is 11.6 Å². The van der Waals surface area contributed by atoms with Crippen LogP contribution in [0.4, 0.5) is 0 Å². The Morgan fingerprint density at radius 3 is 1.23 bits per heavy atom. The number of imide groups is 3. The van der Waals surface area contributed by atoms with Gasteiger partial charge in [-0.15, -0.1) is 0 Å². The smallest absolute Gasteiger partial charge is 0.257 e. The predicted octanol–water partition coefficient (Wildman–Crippen LogP) is 9.03. The number of ether oxygens (including phenoxy) is 1. The van der Waals surface area contributed by atoms with Crippen molar-refractivity contribution in [2.24, 2.45) is 0 Å². The number of carbonyl (C=O) groups excluding carboxylic acids is 11. The molecule has 1 N–H and O–H groups in total. The molecule has 2 aromatic rings. The van der Waals surface area contributed by atoms with Crippen LogP contribution in [0.3, 0.4) is 0 Å². The Bertz CT molecular complexity index is 3090. The Kier molecular flexibility index (Phi) is 46.7. The Hall–Kier alpha value is -10.6. The average molecular weight is 1400 g/mol. The van der Waals surface area contributed by atoms with Crippen molar-refractivity contribution in [3.63, 3.8) is 0 Å². The largest absolute Gasteiger partial charge is 0.378 e. The number of hydrogen-bond donors (Lipinski definition) is 1. The number of carbonyl (C=O) groups is 11. The normalized spacial score (nSPS) is 17.0. The summed E-state index contributed by atoms with van der Waals surface area (Å²) >= 11 is 0. The van der Waals surface area contributed by atoms with Gasteiger partial charge < -0.3 is 48.6 Å². The van der Waals surface area contributed by atoms with Gasteiger partial charge in [-0.3, -0.25) is 67.4 Å². The zero-order valence-corrected chi connectivity index (χ0v) is 59.7. The number of likely N-dealkylation sites (tertiary alicyclic amines) is 6. The Morgan fingerprint density at radius 2 is 0.871 bits per heavy atom. The highest BCUT2D eigenvalue weighted by Gasteiger charge is 2.26. The van der Waals surface area contributed by atoms with Crippen LogP contribution >= 0.6 is 0 Å². The molecular formula is C75H108N14O12. The molecule has 0 radical (unpaired) electrons. The van der Waals surface area contributed by atoms with Crippen LogP contribution in [-0.2, 0) is 63.9 Å². The molecule has 0 aliphatic carbocycles. The minimum atomic E-state index is -0.324. The predicted molar refractivity (Wildman–Crippen MR) is 394 cm³/mol. The van der Waals surface area contributed by atoms with Crippen molar-refractivity contribution in [2.75, 3.05) is 78.8 Å². The van der Waals surface area contributed by atoms with Gasteiger partial charge in [-0.2, -0.15) is 0 Å². The third kappa shape index (κ3) is 35.1. The maximum atomic E-state index is 11.3. The van der Waals surface area contributed by atoms with Gasteiger partial charge in [0, 0.05) is 172 Å². The average Bonchev–Trinajstić information content (AvgIpc) is 1.79. The third-order valence-corrected chi connectivity index (χ3v) is 15.6. The zero-order valence-electron chi connectivity index (χ0n) is 59.7. The highest BCUT2D eigenvalue weighted by Crippen LogP contribution is 2.14. The number of aryl methyl sites for hydroxylation is 2. The molecule has 550 valence electrons. The van der Waals surface area contributed by atoms with Crippen LogP contribution < -0.4 is 5.32 Å². The fraction of sp³-hybridized carbons (Fsp3) is 0.427. The van der Waals surface area contributed by atoms with E-state index in [1.807, 2.05) is 55.6 Å². The van der Waals surface area contributed by atoms with Crippen LogP contribution in [0.2, 0.25) is 0 Å². The number of morpholine rings is 1. The van der Waals surface area contributed by atoms with Crippen molar-refractivity contribution in [1.29, 1.82) is 0 Å². The molecule has 11 rings (SSSR count). The summed E-state index contributed by atoms with van der Waals surface area (Å²) in [5, 5.41) is 3.00. The van der Waals surface area contributed by atoms with Crippen molar-refractivity contribution in [1.82, 2.24) is 68.5 Å². The number of nitrogens with one attached hydrogen (secondary N) is 1. The topological polar surface area (TPSA) is 274 Å². The van der Waals surface area contributed by atoms with Crippen LogP contribution in [0.15, 0.2) is 177 Å². The van der Waals surface area contributed by atoms with Crippen molar-refractivity contribution < 1.29 is 57.5 Å². The molecule has 11 heterocycles. The molecule has 26 nitrogen and oxygen atoms in total. The van der Waals surface area contributed by atoms with E-state index in [1.165, 1.54) is 66.6 Å². The van der Waals surface area contributed by atoms with E-state index in [-0.39, 0.29) is 65.0 Å². The van der Waals surface area contributed by atoms with E-state index in [1.54, 1.807) is 58.1 Å². The number of rotatable bonds is 12. The second-order valence-corrected chi connectivity index (χ2v) is 22.4. The third-order valence-electron chi connectivity index (χ3n) is 15.6. The van der Waals surface area contributed by atoms with Crippen LogP contribution in [0, 0.1) is 6.92 Å².